The van der Waals surface area contributed by atoms with Crippen molar-refractivity contribution >= 4 is 23.2 Å². The van der Waals surface area contributed by atoms with E-state index in [9.17, 15) is 9.59 Å². The molecule has 1 amide bonds. The molecule has 2 unspecified atom stereocenters. The van der Waals surface area contributed by atoms with Gasteiger partial charge in [-0.1, -0.05) is 27.7 Å². The first-order valence-corrected chi connectivity index (χ1v) is 7.99. The summed E-state index contributed by atoms with van der Waals surface area (Å²) in [5.41, 5.74) is -0.485. The number of rotatable bonds is 6. The van der Waals surface area contributed by atoms with E-state index < -0.39 is 17.3 Å². The third kappa shape index (κ3) is 5.12. The molecular weight excluding hydrogens is 288 g/mol. The minimum Gasteiger partial charge on any atom is -0.465 e. The summed E-state index contributed by atoms with van der Waals surface area (Å²) in [5, 5.41) is 5.72. The van der Waals surface area contributed by atoms with Gasteiger partial charge in [-0.05, 0) is 12.3 Å². The van der Waals surface area contributed by atoms with Gasteiger partial charge in [-0.25, -0.2) is 4.98 Å². The van der Waals surface area contributed by atoms with Crippen LogP contribution >= 0.6 is 11.3 Å². The Morgan fingerprint density at radius 3 is 2.57 bits per heavy atom. The van der Waals surface area contributed by atoms with Gasteiger partial charge in [0.2, 0.25) is 5.91 Å². The zero-order chi connectivity index (χ0) is 16.0. The number of carbonyl (C=O) groups excluding carboxylic acids is 2. The quantitative estimate of drug-likeness (QED) is 0.647. The van der Waals surface area contributed by atoms with Gasteiger partial charge >= 0.3 is 5.97 Å². The van der Waals surface area contributed by atoms with E-state index in [1.54, 1.807) is 24.5 Å². The molecule has 1 rings (SSSR count). The number of ether oxygens (including phenoxy) is 1. The van der Waals surface area contributed by atoms with Crippen molar-refractivity contribution in [3.63, 3.8) is 0 Å². The molecule has 0 bridgehead atoms. The van der Waals surface area contributed by atoms with Crippen LogP contribution in [-0.2, 0) is 14.3 Å². The van der Waals surface area contributed by atoms with E-state index in [1.165, 1.54) is 0 Å². The summed E-state index contributed by atoms with van der Waals surface area (Å²) in [6, 6.07) is 0. The molecule has 6 heteroatoms. The van der Waals surface area contributed by atoms with Gasteiger partial charge in [-0.2, -0.15) is 0 Å². The fourth-order valence-electron chi connectivity index (χ4n) is 2.00. The van der Waals surface area contributed by atoms with Crippen molar-refractivity contribution in [1.82, 2.24) is 10.3 Å². The van der Waals surface area contributed by atoms with Gasteiger partial charge in [0.15, 0.2) is 0 Å². The van der Waals surface area contributed by atoms with E-state index in [-0.39, 0.29) is 18.4 Å². The Kier molecular flexibility index (Phi) is 6.33. The predicted octanol–water partition coefficient (Wildman–Crippen LogP) is 2.59. The lowest BCUT2D eigenvalue weighted by Crippen LogP contribution is -2.44. The van der Waals surface area contributed by atoms with Crippen LogP contribution in [0.3, 0.4) is 0 Å². The van der Waals surface area contributed by atoms with E-state index >= 15 is 0 Å². The molecule has 118 valence electrons. The number of hydrogen-bond donors (Lipinski definition) is 1. The third-order valence-corrected chi connectivity index (χ3v) is 4.11. The van der Waals surface area contributed by atoms with Gasteiger partial charge in [0, 0.05) is 24.0 Å². The topological polar surface area (TPSA) is 68.3 Å². The van der Waals surface area contributed by atoms with E-state index in [0.29, 0.717) is 6.54 Å². The number of hydrogen-bond acceptors (Lipinski definition) is 5. The van der Waals surface area contributed by atoms with Crippen LogP contribution in [0, 0.1) is 11.3 Å². The van der Waals surface area contributed by atoms with Crippen molar-refractivity contribution in [3.05, 3.63) is 16.6 Å². The molecule has 1 N–H and O–H groups in total. The second-order valence-corrected chi connectivity index (χ2v) is 6.99. The summed E-state index contributed by atoms with van der Waals surface area (Å²) in [6.45, 7) is 10.0. The van der Waals surface area contributed by atoms with Crippen LogP contribution in [-0.4, -0.2) is 30.0 Å². The zero-order valence-electron chi connectivity index (χ0n) is 13.3. The average molecular weight is 312 g/mol. The van der Waals surface area contributed by atoms with Crippen LogP contribution in [0.4, 0.5) is 0 Å². The van der Waals surface area contributed by atoms with Crippen molar-refractivity contribution in [3.8, 4) is 0 Å². The maximum atomic E-state index is 12.4. The number of amides is 1. The van der Waals surface area contributed by atoms with Crippen LogP contribution in [0.1, 0.15) is 45.5 Å². The maximum absolute atomic E-state index is 12.4. The molecule has 21 heavy (non-hydrogen) atoms. The normalized spacial score (nSPS) is 14.3. The second kappa shape index (κ2) is 7.54. The molecule has 0 aliphatic heterocycles. The summed E-state index contributed by atoms with van der Waals surface area (Å²) in [5.74, 6) is -1.44. The maximum Gasteiger partial charge on any atom is 0.319 e. The molecule has 0 fully saturated rings. The predicted molar refractivity (Wildman–Crippen MR) is 83.1 cm³/mol. The Labute approximate surface area is 130 Å². The Hall–Kier alpha value is -1.43. The zero-order valence-corrected chi connectivity index (χ0v) is 14.1. The van der Waals surface area contributed by atoms with Crippen molar-refractivity contribution in [2.75, 3.05) is 13.2 Å². The average Bonchev–Trinajstić information content (AvgIpc) is 2.88. The monoisotopic (exact) mass is 312 g/mol. The highest BCUT2D eigenvalue weighted by atomic mass is 32.1. The summed E-state index contributed by atoms with van der Waals surface area (Å²) < 4.78 is 5.02. The van der Waals surface area contributed by atoms with Gasteiger partial charge in [0.25, 0.3) is 0 Å². The van der Waals surface area contributed by atoms with Crippen LogP contribution in [0.25, 0.3) is 0 Å². The fourth-order valence-corrected chi connectivity index (χ4v) is 2.70. The molecular formula is C15H24N2O3S. The van der Waals surface area contributed by atoms with Gasteiger partial charge in [-0.3, -0.25) is 9.59 Å². The van der Waals surface area contributed by atoms with Gasteiger partial charge < -0.3 is 10.1 Å². The molecule has 1 aromatic heterocycles. The van der Waals surface area contributed by atoms with E-state index in [0.717, 1.165) is 5.01 Å². The first kappa shape index (κ1) is 17.6. The number of nitrogens with zero attached hydrogens (tertiary/aromatic N) is 1. The molecule has 0 spiro atoms. The molecule has 0 radical (unpaired) electrons. The number of aromatic nitrogens is 1. The summed E-state index contributed by atoms with van der Waals surface area (Å²) in [7, 11) is 0. The largest absolute Gasteiger partial charge is 0.465 e. The minimum atomic E-state index is -0.805. The van der Waals surface area contributed by atoms with Crippen molar-refractivity contribution in [2.24, 2.45) is 11.3 Å². The highest BCUT2D eigenvalue weighted by molar-refractivity contribution is 7.09. The van der Waals surface area contributed by atoms with Crippen molar-refractivity contribution in [1.29, 1.82) is 0 Å². The van der Waals surface area contributed by atoms with Gasteiger partial charge in [-0.15, -0.1) is 11.3 Å². The lowest BCUT2D eigenvalue weighted by Gasteiger charge is -2.28. The molecule has 0 aliphatic rings. The van der Waals surface area contributed by atoms with Crippen LogP contribution in [0.2, 0.25) is 0 Å². The van der Waals surface area contributed by atoms with Crippen LogP contribution < -0.4 is 5.32 Å². The van der Waals surface area contributed by atoms with Gasteiger partial charge in [0.05, 0.1) is 11.6 Å². The Morgan fingerprint density at radius 2 is 2.10 bits per heavy atom. The Morgan fingerprint density at radius 1 is 1.43 bits per heavy atom. The lowest BCUT2D eigenvalue weighted by atomic mass is 9.80. The van der Waals surface area contributed by atoms with Crippen molar-refractivity contribution < 1.29 is 14.3 Å². The standard InChI is InChI=1S/C15H24N2O3S/c1-6-20-14(19)11(15(3,4)5)12(18)17-9-10(2)13-16-7-8-21-13/h7-8,10-11H,6,9H2,1-5H3,(H,17,18). The summed E-state index contributed by atoms with van der Waals surface area (Å²) in [4.78, 5) is 28.6. The number of thiazole rings is 1. The summed E-state index contributed by atoms with van der Waals surface area (Å²) >= 11 is 1.56. The number of esters is 1. The second-order valence-electron chi connectivity index (χ2n) is 6.07. The van der Waals surface area contributed by atoms with Crippen LogP contribution in [0.5, 0.6) is 0 Å². The van der Waals surface area contributed by atoms with Crippen molar-refractivity contribution in [2.45, 2.75) is 40.5 Å². The fraction of sp³-hybridized carbons (Fsp3) is 0.667. The Bertz CT molecular complexity index is 466. The molecule has 2 atom stereocenters. The first-order valence-electron chi connectivity index (χ1n) is 7.11. The summed E-state index contributed by atoms with van der Waals surface area (Å²) in [6.07, 6.45) is 1.74. The molecule has 0 saturated heterocycles. The van der Waals surface area contributed by atoms with E-state index in [2.05, 4.69) is 10.3 Å². The molecule has 0 aliphatic carbocycles. The third-order valence-electron chi connectivity index (χ3n) is 3.11. The smallest absolute Gasteiger partial charge is 0.319 e. The SMILES string of the molecule is CCOC(=O)C(C(=O)NCC(C)c1nccs1)C(C)(C)C. The van der Waals surface area contributed by atoms with Gasteiger partial charge in [0.1, 0.15) is 5.92 Å². The lowest BCUT2D eigenvalue weighted by molar-refractivity contribution is -0.156. The van der Waals surface area contributed by atoms with E-state index in [4.69, 9.17) is 4.74 Å². The van der Waals surface area contributed by atoms with E-state index in [1.807, 2.05) is 33.1 Å². The molecule has 0 aromatic carbocycles. The number of nitrogens with one attached hydrogen (secondary N) is 1. The highest BCUT2D eigenvalue weighted by Gasteiger charge is 2.38. The molecule has 0 saturated carbocycles. The first-order chi connectivity index (χ1) is 9.77. The highest BCUT2D eigenvalue weighted by Crippen LogP contribution is 2.27. The minimum absolute atomic E-state index is 0.122. The molecule has 5 nitrogen and oxygen atoms in total. The van der Waals surface area contributed by atoms with Crippen LogP contribution in [0.15, 0.2) is 11.6 Å². The Balaban J connectivity index is 2.67. The molecule has 1 aromatic rings. The molecule has 1 heterocycles. The number of carbonyl (C=O) groups is 2.